The standard InChI is InChI=1S/C25H21ClFN3O3S/c1-33-21-12-2-16(3-13-21)15-30-23(31)14-22(24(32)28-19-10-6-18(27)7-11-19)34-25(30)29-20-8-4-17(26)5-9-20/h2-13,22H,14-15H2,1H3,(H,28,32)/t22-/m1/s1. The van der Waals surface area contributed by atoms with Crippen molar-refractivity contribution in [3.8, 4) is 5.75 Å². The first-order valence-corrected chi connectivity index (χ1v) is 11.7. The van der Waals surface area contributed by atoms with Crippen LogP contribution in [0.3, 0.4) is 0 Å². The molecule has 0 unspecified atom stereocenters. The van der Waals surface area contributed by atoms with Gasteiger partial charge in [0.15, 0.2) is 5.17 Å². The number of nitrogens with one attached hydrogen (secondary N) is 1. The highest BCUT2D eigenvalue weighted by Gasteiger charge is 2.36. The summed E-state index contributed by atoms with van der Waals surface area (Å²) in [5.41, 5.74) is 1.96. The Bertz CT molecular complexity index is 1200. The summed E-state index contributed by atoms with van der Waals surface area (Å²) < 4.78 is 18.4. The summed E-state index contributed by atoms with van der Waals surface area (Å²) in [6.07, 6.45) is 0.00743. The lowest BCUT2D eigenvalue weighted by Gasteiger charge is -2.32. The van der Waals surface area contributed by atoms with Gasteiger partial charge in [-0.05, 0) is 66.2 Å². The molecule has 6 nitrogen and oxygen atoms in total. The Morgan fingerprint density at radius 1 is 1.12 bits per heavy atom. The maximum absolute atomic E-state index is 13.2. The second-order valence-corrected chi connectivity index (χ2v) is 9.11. The highest BCUT2D eigenvalue weighted by molar-refractivity contribution is 8.15. The number of hydrogen-bond donors (Lipinski definition) is 1. The lowest BCUT2D eigenvalue weighted by atomic mass is 10.2. The van der Waals surface area contributed by atoms with Crippen LogP contribution in [-0.2, 0) is 16.1 Å². The van der Waals surface area contributed by atoms with E-state index in [1.807, 2.05) is 24.3 Å². The zero-order valence-electron chi connectivity index (χ0n) is 18.2. The van der Waals surface area contributed by atoms with Crippen molar-refractivity contribution >= 4 is 51.7 Å². The number of carbonyl (C=O) groups excluding carboxylic acids is 2. The van der Waals surface area contributed by atoms with Gasteiger partial charge in [0.2, 0.25) is 11.8 Å². The zero-order valence-corrected chi connectivity index (χ0v) is 19.8. The molecule has 1 aliphatic heterocycles. The third kappa shape index (κ3) is 5.95. The van der Waals surface area contributed by atoms with Crippen LogP contribution < -0.4 is 10.1 Å². The summed E-state index contributed by atoms with van der Waals surface area (Å²) in [5, 5.41) is 3.04. The molecule has 2 amide bonds. The third-order valence-corrected chi connectivity index (χ3v) is 6.53. The molecule has 1 aliphatic rings. The second kappa shape index (κ2) is 10.7. The van der Waals surface area contributed by atoms with Crippen molar-refractivity contribution in [1.29, 1.82) is 0 Å². The molecule has 0 aliphatic carbocycles. The number of rotatable bonds is 6. The molecule has 3 aromatic carbocycles. The van der Waals surface area contributed by atoms with Crippen molar-refractivity contribution in [2.45, 2.75) is 18.2 Å². The molecule has 0 aromatic heterocycles. The van der Waals surface area contributed by atoms with Crippen molar-refractivity contribution in [2.24, 2.45) is 4.99 Å². The van der Waals surface area contributed by atoms with E-state index in [9.17, 15) is 14.0 Å². The summed E-state index contributed by atoms with van der Waals surface area (Å²) in [6, 6.07) is 19.8. The van der Waals surface area contributed by atoms with E-state index in [1.165, 1.54) is 36.0 Å². The van der Waals surface area contributed by atoms with Gasteiger partial charge in [-0.1, -0.05) is 35.5 Å². The third-order valence-electron chi connectivity index (χ3n) is 5.09. The van der Waals surface area contributed by atoms with Gasteiger partial charge in [0.05, 0.1) is 19.3 Å². The van der Waals surface area contributed by atoms with E-state index >= 15 is 0 Å². The largest absolute Gasteiger partial charge is 0.497 e. The smallest absolute Gasteiger partial charge is 0.238 e. The number of benzene rings is 3. The normalized spacial score (nSPS) is 17.0. The highest BCUT2D eigenvalue weighted by Crippen LogP contribution is 2.31. The first kappa shape index (κ1) is 23.8. The fourth-order valence-electron chi connectivity index (χ4n) is 3.29. The van der Waals surface area contributed by atoms with Crippen molar-refractivity contribution < 1.29 is 18.7 Å². The Kier molecular flexibility index (Phi) is 7.49. The van der Waals surface area contributed by atoms with E-state index in [1.54, 1.807) is 36.3 Å². The van der Waals surface area contributed by atoms with Crippen LogP contribution in [0.15, 0.2) is 77.8 Å². The molecule has 1 saturated heterocycles. The maximum Gasteiger partial charge on any atom is 0.238 e. The van der Waals surface area contributed by atoms with E-state index < -0.39 is 11.1 Å². The summed E-state index contributed by atoms with van der Waals surface area (Å²) in [4.78, 5) is 32.3. The van der Waals surface area contributed by atoms with Crippen LogP contribution in [0.5, 0.6) is 5.75 Å². The van der Waals surface area contributed by atoms with Crippen molar-refractivity contribution in [3.63, 3.8) is 0 Å². The van der Waals surface area contributed by atoms with Crippen LogP contribution >= 0.6 is 23.4 Å². The number of amidine groups is 1. The number of methoxy groups -OCH3 is 1. The van der Waals surface area contributed by atoms with E-state index in [0.717, 1.165) is 11.3 Å². The van der Waals surface area contributed by atoms with Gasteiger partial charge in [-0.2, -0.15) is 0 Å². The number of amides is 2. The Morgan fingerprint density at radius 3 is 2.44 bits per heavy atom. The molecular formula is C25H21ClFN3O3S. The number of anilines is 1. The van der Waals surface area contributed by atoms with Gasteiger partial charge in [0, 0.05) is 17.1 Å². The molecule has 9 heteroatoms. The van der Waals surface area contributed by atoms with Crippen LogP contribution in [0.25, 0.3) is 0 Å². The topological polar surface area (TPSA) is 71.0 Å². The predicted molar refractivity (Wildman–Crippen MR) is 133 cm³/mol. The maximum atomic E-state index is 13.2. The van der Waals surface area contributed by atoms with Crippen LogP contribution in [0.1, 0.15) is 12.0 Å². The molecule has 1 N–H and O–H groups in total. The van der Waals surface area contributed by atoms with Gasteiger partial charge < -0.3 is 10.1 Å². The monoisotopic (exact) mass is 497 g/mol. The lowest BCUT2D eigenvalue weighted by molar-refractivity contribution is -0.129. The lowest BCUT2D eigenvalue weighted by Crippen LogP contribution is -2.44. The van der Waals surface area contributed by atoms with Crippen LogP contribution in [0.4, 0.5) is 15.8 Å². The molecule has 0 spiro atoms. The second-order valence-electron chi connectivity index (χ2n) is 7.51. The minimum atomic E-state index is -0.685. The molecule has 0 bridgehead atoms. The number of carbonyl (C=O) groups is 2. The first-order valence-electron chi connectivity index (χ1n) is 10.4. The molecule has 3 aromatic rings. The van der Waals surface area contributed by atoms with E-state index in [4.69, 9.17) is 16.3 Å². The van der Waals surface area contributed by atoms with Crippen LogP contribution in [0.2, 0.25) is 5.02 Å². The van der Waals surface area contributed by atoms with E-state index in [2.05, 4.69) is 10.3 Å². The first-order chi connectivity index (χ1) is 16.4. The Labute approximate surface area is 205 Å². The van der Waals surface area contributed by atoms with E-state index in [-0.39, 0.29) is 18.2 Å². The number of halogens is 2. The molecule has 0 saturated carbocycles. The summed E-state index contributed by atoms with van der Waals surface area (Å²) >= 11 is 7.20. The number of hydrogen-bond acceptors (Lipinski definition) is 5. The molecular weight excluding hydrogens is 477 g/mol. The van der Waals surface area contributed by atoms with Crippen molar-refractivity contribution in [1.82, 2.24) is 4.90 Å². The summed E-state index contributed by atoms with van der Waals surface area (Å²) in [5.74, 6) is -0.248. The van der Waals surface area contributed by atoms with Gasteiger partial charge in [0.1, 0.15) is 16.8 Å². The minimum Gasteiger partial charge on any atom is -0.497 e. The van der Waals surface area contributed by atoms with E-state index in [0.29, 0.717) is 28.1 Å². The molecule has 34 heavy (non-hydrogen) atoms. The average molecular weight is 498 g/mol. The van der Waals surface area contributed by atoms with Crippen molar-refractivity contribution in [2.75, 3.05) is 12.4 Å². The fraction of sp³-hybridized carbons (Fsp3) is 0.160. The Hall–Kier alpha value is -3.36. The molecule has 0 radical (unpaired) electrons. The Morgan fingerprint density at radius 2 is 1.79 bits per heavy atom. The average Bonchev–Trinajstić information content (AvgIpc) is 2.84. The molecule has 174 valence electrons. The summed E-state index contributed by atoms with van der Waals surface area (Å²) in [6.45, 7) is 0.300. The number of nitrogens with zero attached hydrogens (tertiary/aromatic N) is 2. The zero-order chi connectivity index (χ0) is 24.1. The van der Waals surface area contributed by atoms with Crippen LogP contribution in [-0.4, -0.2) is 34.2 Å². The van der Waals surface area contributed by atoms with Gasteiger partial charge in [0.25, 0.3) is 0 Å². The highest BCUT2D eigenvalue weighted by atomic mass is 35.5. The fourth-order valence-corrected chi connectivity index (χ4v) is 4.52. The molecule has 1 heterocycles. The van der Waals surface area contributed by atoms with Gasteiger partial charge >= 0.3 is 0 Å². The molecule has 4 rings (SSSR count). The quantitative estimate of drug-likeness (QED) is 0.478. The molecule has 1 fully saturated rings. The van der Waals surface area contributed by atoms with Gasteiger partial charge in [-0.3, -0.25) is 14.5 Å². The predicted octanol–water partition coefficient (Wildman–Crippen LogP) is 5.65. The summed E-state index contributed by atoms with van der Waals surface area (Å²) in [7, 11) is 1.59. The molecule has 1 atom stereocenters. The SMILES string of the molecule is COc1ccc(CN2C(=O)C[C@H](C(=O)Nc3ccc(F)cc3)SC2=Nc2ccc(Cl)cc2)cc1. The van der Waals surface area contributed by atoms with Crippen LogP contribution in [0, 0.1) is 5.82 Å². The number of ether oxygens (including phenoxy) is 1. The number of thioether (sulfide) groups is 1. The van der Waals surface area contributed by atoms with Gasteiger partial charge in [-0.25, -0.2) is 9.38 Å². The minimum absolute atomic E-state index is 0.00743. The Balaban J connectivity index is 1.58. The van der Waals surface area contributed by atoms with Crippen molar-refractivity contribution in [3.05, 3.63) is 89.2 Å². The number of aliphatic imine (C=N–C) groups is 1. The van der Waals surface area contributed by atoms with Gasteiger partial charge in [-0.15, -0.1) is 0 Å².